The molecule has 1 heterocycles. The number of likely N-dealkylation sites (tertiary alicyclic amines) is 1. The fraction of sp³-hybridized carbons (Fsp3) is 0.222. The Hall–Kier alpha value is -2.10. The number of amides is 3. The van der Waals surface area contributed by atoms with E-state index in [0.29, 0.717) is 6.42 Å². The Morgan fingerprint density at radius 1 is 1.13 bits per heavy atom. The SMILES string of the molecule is C[C@H](NC(=O)N1C(=O)C[C@H]1[Se]c1ccccc1)c1ccccc1. The van der Waals surface area contributed by atoms with E-state index in [1.165, 1.54) is 9.36 Å². The number of urea groups is 1. The van der Waals surface area contributed by atoms with Gasteiger partial charge >= 0.3 is 142 Å². The maximum absolute atomic E-state index is 12.4. The van der Waals surface area contributed by atoms with Crippen molar-refractivity contribution in [2.75, 3.05) is 0 Å². The monoisotopic (exact) mass is 374 g/mol. The molecule has 1 fully saturated rings. The number of nitrogens with one attached hydrogen (secondary N) is 1. The number of hydrogen-bond donors (Lipinski definition) is 1. The van der Waals surface area contributed by atoms with Gasteiger partial charge in [-0.05, 0) is 0 Å². The number of rotatable bonds is 4. The van der Waals surface area contributed by atoms with Gasteiger partial charge in [-0.3, -0.25) is 0 Å². The molecule has 0 aromatic heterocycles. The summed E-state index contributed by atoms with van der Waals surface area (Å²) in [5, 5.41) is 2.92. The molecule has 4 nitrogen and oxygen atoms in total. The zero-order valence-corrected chi connectivity index (χ0v) is 14.5. The Balaban J connectivity index is 1.62. The number of carbonyl (C=O) groups is 2. The van der Waals surface area contributed by atoms with Gasteiger partial charge in [0.15, 0.2) is 0 Å². The van der Waals surface area contributed by atoms with Gasteiger partial charge in [0, 0.05) is 0 Å². The summed E-state index contributed by atoms with van der Waals surface area (Å²) in [4.78, 5) is 25.7. The van der Waals surface area contributed by atoms with Crippen molar-refractivity contribution in [3.8, 4) is 0 Å². The second-order valence-electron chi connectivity index (χ2n) is 5.44. The molecular formula is C18H18N2O2Se. The van der Waals surface area contributed by atoms with Gasteiger partial charge in [0.1, 0.15) is 0 Å². The van der Waals surface area contributed by atoms with Gasteiger partial charge in [-0.25, -0.2) is 0 Å². The van der Waals surface area contributed by atoms with Crippen molar-refractivity contribution in [1.82, 2.24) is 10.2 Å². The summed E-state index contributed by atoms with van der Waals surface area (Å²) < 4.78 is 1.20. The zero-order valence-electron chi connectivity index (χ0n) is 12.8. The van der Waals surface area contributed by atoms with Crippen molar-refractivity contribution in [2.45, 2.75) is 24.3 Å². The summed E-state index contributed by atoms with van der Waals surface area (Å²) in [5.41, 5.74) is 1.03. The normalized spacial score (nSPS) is 18.2. The van der Waals surface area contributed by atoms with Gasteiger partial charge in [-0.15, -0.1) is 0 Å². The standard InChI is InChI=1S/C18H18N2O2Se/c1-13(14-8-4-2-5-9-14)19-18(22)20-16(21)12-17(20)23-15-10-6-3-7-11-15/h2-11,13,17H,12H2,1H3,(H,19,22)/t13-,17+/m0/s1. The summed E-state index contributed by atoms with van der Waals surface area (Å²) in [6, 6.07) is 19.4. The quantitative estimate of drug-likeness (QED) is 0.659. The molecule has 2 aromatic rings. The van der Waals surface area contributed by atoms with Crippen LogP contribution in [-0.2, 0) is 4.79 Å². The molecule has 0 aliphatic carbocycles. The minimum absolute atomic E-state index is 0.0142. The van der Waals surface area contributed by atoms with E-state index < -0.39 is 0 Å². The van der Waals surface area contributed by atoms with Gasteiger partial charge in [0.2, 0.25) is 0 Å². The van der Waals surface area contributed by atoms with Crippen molar-refractivity contribution in [3.05, 3.63) is 66.2 Å². The fourth-order valence-corrected chi connectivity index (χ4v) is 4.92. The summed E-state index contributed by atoms with van der Waals surface area (Å²) in [7, 11) is 0. The summed E-state index contributed by atoms with van der Waals surface area (Å²) >= 11 is 0.0858. The number of nitrogens with zero attached hydrogens (tertiary/aromatic N) is 1. The summed E-state index contributed by atoms with van der Waals surface area (Å²) in [5.74, 6) is -0.0921. The van der Waals surface area contributed by atoms with E-state index >= 15 is 0 Å². The first-order valence-corrected chi connectivity index (χ1v) is 9.39. The van der Waals surface area contributed by atoms with Crippen LogP contribution < -0.4 is 9.78 Å². The summed E-state index contributed by atoms with van der Waals surface area (Å²) in [6.45, 7) is 1.93. The third-order valence-electron chi connectivity index (χ3n) is 3.78. The van der Waals surface area contributed by atoms with E-state index in [-0.39, 0.29) is 37.9 Å². The number of benzene rings is 2. The van der Waals surface area contributed by atoms with Crippen LogP contribution in [0.5, 0.6) is 0 Å². The fourth-order valence-electron chi connectivity index (χ4n) is 2.46. The molecular weight excluding hydrogens is 355 g/mol. The van der Waals surface area contributed by atoms with Crippen molar-refractivity contribution in [3.63, 3.8) is 0 Å². The first-order valence-electron chi connectivity index (χ1n) is 7.54. The topological polar surface area (TPSA) is 49.4 Å². The van der Waals surface area contributed by atoms with E-state index in [4.69, 9.17) is 0 Å². The van der Waals surface area contributed by atoms with Crippen molar-refractivity contribution < 1.29 is 9.59 Å². The van der Waals surface area contributed by atoms with Crippen LogP contribution in [-0.4, -0.2) is 36.7 Å². The number of β-lactam (4-membered cyclic amide) rings is 1. The first-order chi connectivity index (χ1) is 11.1. The molecule has 0 unspecified atom stereocenters. The molecule has 2 aromatic carbocycles. The van der Waals surface area contributed by atoms with Crippen LogP contribution in [0.3, 0.4) is 0 Å². The third kappa shape index (κ3) is 3.63. The molecule has 0 saturated carbocycles. The molecule has 3 amide bonds. The van der Waals surface area contributed by atoms with E-state index in [1.807, 2.05) is 67.6 Å². The predicted octanol–water partition coefficient (Wildman–Crippen LogP) is 2.05. The average molecular weight is 373 g/mol. The number of imide groups is 1. The molecule has 1 aliphatic rings. The second-order valence-corrected chi connectivity index (χ2v) is 8.06. The molecule has 0 bridgehead atoms. The predicted molar refractivity (Wildman–Crippen MR) is 90.5 cm³/mol. The van der Waals surface area contributed by atoms with Crippen LogP contribution in [0.1, 0.15) is 24.9 Å². The maximum atomic E-state index is 12.4. The Kier molecular flexibility index (Phi) is 4.79. The van der Waals surface area contributed by atoms with Crippen LogP contribution in [0.15, 0.2) is 60.7 Å². The van der Waals surface area contributed by atoms with Crippen LogP contribution in [0.2, 0.25) is 0 Å². The van der Waals surface area contributed by atoms with E-state index in [9.17, 15) is 9.59 Å². The van der Waals surface area contributed by atoms with Gasteiger partial charge in [0.25, 0.3) is 0 Å². The van der Waals surface area contributed by atoms with Crippen molar-refractivity contribution in [2.24, 2.45) is 0 Å². The summed E-state index contributed by atoms with van der Waals surface area (Å²) in [6.07, 6.45) is 0.460. The van der Waals surface area contributed by atoms with Gasteiger partial charge in [0.05, 0.1) is 0 Å². The molecule has 23 heavy (non-hydrogen) atoms. The third-order valence-corrected chi connectivity index (χ3v) is 6.28. The molecule has 0 radical (unpaired) electrons. The second kappa shape index (κ2) is 6.99. The molecule has 118 valence electrons. The van der Waals surface area contributed by atoms with Crippen LogP contribution in [0, 0.1) is 0 Å². The number of hydrogen-bond acceptors (Lipinski definition) is 2. The Labute approximate surface area is 142 Å². The molecule has 1 N–H and O–H groups in total. The van der Waals surface area contributed by atoms with Gasteiger partial charge < -0.3 is 0 Å². The van der Waals surface area contributed by atoms with Crippen LogP contribution >= 0.6 is 0 Å². The molecule has 5 heteroatoms. The van der Waals surface area contributed by atoms with Crippen molar-refractivity contribution in [1.29, 1.82) is 0 Å². The Morgan fingerprint density at radius 3 is 2.35 bits per heavy atom. The molecule has 2 atom stereocenters. The van der Waals surface area contributed by atoms with Crippen LogP contribution in [0.4, 0.5) is 4.79 Å². The number of carbonyl (C=O) groups excluding carboxylic acids is 2. The van der Waals surface area contributed by atoms with Gasteiger partial charge in [-0.1, -0.05) is 0 Å². The molecule has 1 saturated heterocycles. The van der Waals surface area contributed by atoms with Crippen molar-refractivity contribution >= 4 is 31.4 Å². The first kappa shape index (κ1) is 15.8. The van der Waals surface area contributed by atoms with E-state index in [1.54, 1.807) is 0 Å². The van der Waals surface area contributed by atoms with Gasteiger partial charge in [-0.2, -0.15) is 0 Å². The Bertz CT molecular complexity index is 691. The van der Waals surface area contributed by atoms with E-state index in [2.05, 4.69) is 5.32 Å². The Morgan fingerprint density at radius 2 is 1.74 bits per heavy atom. The average Bonchev–Trinajstić information content (AvgIpc) is 2.55. The van der Waals surface area contributed by atoms with Crippen LogP contribution in [0.25, 0.3) is 0 Å². The molecule has 1 aliphatic heterocycles. The molecule has 0 spiro atoms. The van der Waals surface area contributed by atoms with E-state index in [0.717, 1.165) is 5.56 Å². The minimum atomic E-state index is -0.291. The zero-order chi connectivity index (χ0) is 16.2. The molecule has 3 rings (SSSR count).